The molecular formula is C15H10ClN3O3S. The third kappa shape index (κ3) is 3.46. The molecule has 1 amide bonds. The zero-order valence-electron chi connectivity index (χ0n) is 11.7. The summed E-state index contributed by atoms with van der Waals surface area (Å²) < 4.78 is 0.892. The van der Waals surface area contributed by atoms with Crippen LogP contribution in [0.4, 0.5) is 10.8 Å². The van der Waals surface area contributed by atoms with E-state index in [0.717, 1.165) is 4.70 Å². The number of carbonyl (C=O) groups excluding carboxylic acids is 1. The van der Waals surface area contributed by atoms with Crippen LogP contribution in [-0.2, 0) is 11.2 Å². The minimum atomic E-state index is -0.477. The average Bonchev–Trinajstić information content (AvgIpc) is 2.91. The Morgan fingerprint density at radius 1 is 1.26 bits per heavy atom. The van der Waals surface area contributed by atoms with Crippen LogP contribution >= 0.6 is 22.9 Å². The minimum Gasteiger partial charge on any atom is -0.302 e. The molecule has 116 valence electrons. The van der Waals surface area contributed by atoms with Crippen molar-refractivity contribution in [2.45, 2.75) is 6.42 Å². The Labute approximate surface area is 139 Å². The Bertz CT molecular complexity index is 893. The van der Waals surface area contributed by atoms with Gasteiger partial charge in [0.15, 0.2) is 5.13 Å². The van der Waals surface area contributed by atoms with Crippen molar-refractivity contribution in [3.05, 3.63) is 63.2 Å². The number of nitro groups is 1. The van der Waals surface area contributed by atoms with E-state index in [0.29, 0.717) is 21.2 Å². The van der Waals surface area contributed by atoms with E-state index in [-0.39, 0.29) is 18.0 Å². The van der Waals surface area contributed by atoms with Crippen LogP contribution in [0.2, 0.25) is 5.02 Å². The molecule has 3 aromatic rings. The molecule has 1 N–H and O–H groups in total. The van der Waals surface area contributed by atoms with Crippen LogP contribution in [0, 0.1) is 10.1 Å². The number of aromatic nitrogens is 1. The summed E-state index contributed by atoms with van der Waals surface area (Å²) in [5.74, 6) is -0.242. The molecule has 0 saturated heterocycles. The summed E-state index contributed by atoms with van der Waals surface area (Å²) >= 11 is 7.39. The molecule has 1 aromatic heterocycles. The number of halogens is 1. The first kappa shape index (κ1) is 15.4. The second-order valence-corrected chi connectivity index (χ2v) is 6.19. The summed E-state index contributed by atoms with van der Waals surface area (Å²) in [5, 5.41) is 14.3. The number of fused-ring (bicyclic) bond motifs is 1. The first-order valence-corrected chi connectivity index (χ1v) is 7.80. The maximum absolute atomic E-state index is 12.1. The van der Waals surface area contributed by atoms with Gasteiger partial charge in [-0.05, 0) is 17.7 Å². The monoisotopic (exact) mass is 347 g/mol. The average molecular weight is 348 g/mol. The number of hydrogen-bond donors (Lipinski definition) is 1. The highest BCUT2D eigenvalue weighted by molar-refractivity contribution is 7.22. The van der Waals surface area contributed by atoms with Crippen molar-refractivity contribution in [2.75, 3.05) is 5.32 Å². The summed E-state index contributed by atoms with van der Waals surface area (Å²) in [6.07, 6.45) is 0.113. The molecule has 0 aliphatic heterocycles. The lowest BCUT2D eigenvalue weighted by molar-refractivity contribution is -0.384. The molecule has 0 fully saturated rings. The Morgan fingerprint density at radius 3 is 2.65 bits per heavy atom. The number of carbonyl (C=O) groups is 1. The molecule has 6 nitrogen and oxygen atoms in total. The lowest BCUT2D eigenvalue weighted by atomic mass is 10.1. The number of hydrogen-bond acceptors (Lipinski definition) is 5. The Kier molecular flexibility index (Phi) is 4.22. The normalized spacial score (nSPS) is 10.7. The van der Waals surface area contributed by atoms with Crippen LogP contribution in [0.25, 0.3) is 10.2 Å². The van der Waals surface area contributed by atoms with Gasteiger partial charge in [-0.2, -0.15) is 0 Å². The van der Waals surface area contributed by atoms with Gasteiger partial charge in [0.2, 0.25) is 5.91 Å². The summed E-state index contributed by atoms with van der Waals surface area (Å²) in [7, 11) is 0. The van der Waals surface area contributed by atoms with Gasteiger partial charge in [-0.25, -0.2) is 4.98 Å². The number of non-ortho nitro benzene ring substituents is 1. The van der Waals surface area contributed by atoms with Crippen LogP contribution in [0.15, 0.2) is 42.5 Å². The zero-order chi connectivity index (χ0) is 16.4. The number of benzene rings is 2. The van der Waals surface area contributed by atoms with Gasteiger partial charge < -0.3 is 5.32 Å². The fraction of sp³-hybridized carbons (Fsp3) is 0.0667. The van der Waals surface area contributed by atoms with Gasteiger partial charge in [0, 0.05) is 12.1 Å². The summed E-state index contributed by atoms with van der Waals surface area (Å²) in [4.78, 5) is 26.5. The van der Waals surface area contributed by atoms with Gasteiger partial charge in [0.05, 0.1) is 21.1 Å². The molecule has 0 aliphatic rings. The highest BCUT2D eigenvalue weighted by Gasteiger charge is 2.11. The Balaban J connectivity index is 1.70. The standard InChI is InChI=1S/C15H10ClN3O3S/c16-11-2-1-3-12-14(11)18-15(23-12)17-13(20)8-9-4-6-10(7-5-9)19(21)22/h1-7H,8H2,(H,17,18,20). The van der Waals surface area contributed by atoms with E-state index in [2.05, 4.69) is 10.3 Å². The number of para-hydroxylation sites is 1. The third-order valence-electron chi connectivity index (χ3n) is 3.13. The van der Waals surface area contributed by atoms with Gasteiger partial charge >= 0.3 is 0 Å². The van der Waals surface area contributed by atoms with Crippen molar-refractivity contribution in [3.8, 4) is 0 Å². The molecule has 0 bridgehead atoms. The van der Waals surface area contributed by atoms with E-state index in [1.165, 1.54) is 23.5 Å². The van der Waals surface area contributed by atoms with Crippen molar-refractivity contribution in [2.24, 2.45) is 0 Å². The summed E-state index contributed by atoms with van der Waals surface area (Å²) in [6, 6.07) is 11.3. The number of thiazole rings is 1. The highest BCUT2D eigenvalue weighted by Crippen LogP contribution is 2.30. The molecule has 2 aromatic carbocycles. The first-order chi connectivity index (χ1) is 11.0. The van der Waals surface area contributed by atoms with Gasteiger partial charge in [-0.1, -0.05) is 41.1 Å². The number of nitro benzene ring substituents is 1. The van der Waals surface area contributed by atoms with Crippen molar-refractivity contribution in [3.63, 3.8) is 0 Å². The fourth-order valence-corrected chi connectivity index (χ4v) is 3.23. The first-order valence-electron chi connectivity index (χ1n) is 6.61. The second kappa shape index (κ2) is 6.31. The number of nitrogens with zero attached hydrogens (tertiary/aromatic N) is 2. The summed E-state index contributed by atoms with van der Waals surface area (Å²) in [5.41, 5.74) is 1.34. The Hall–Kier alpha value is -2.51. The topological polar surface area (TPSA) is 85.1 Å². The van der Waals surface area contributed by atoms with Crippen molar-refractivity contribution in [1.29, 1.82) is 0 Å². The third-order valence-corrected chi connectivity index (χ3v) is 4.37. The quantitative estimate of drug-likeness (QED) is 0.570. The van der Waals surface area contributed by atoms with Crippen LogP contribution in [0.1, 0.15) is 5.56 Å². The van der Waals surface area contributed by atoms with Gasteiger partial charge in [-0.3, -0.25) is 14.9 Å². The van der Waals surface area contributed by atoms with Crippen LogP contribution < -0.4 is 5.32 Å². The van der Waals surface area contributed by atoms with E-state index in [4.69, 9.17) is 11.6 Å². The molecule has 0 radical (unpaired) electrons. The largest absolute Gasteiger partial charge is 0.302 e. The maximum Gasteiger partial charge on any atom is 0.269 e. The van der Waals surface area contributed by atoms with E-state index < -0.39 is 4.92 Å². The van der Waals surface area contributed by atoms with Crippen LogP contribution in [0.3, 0.4) is 0 Å². The molecule has 1 heterocycles. The lowest BCUT2D eigenvalue weighted by Crippen LogP contribution is -2.14. The lowest BCUT2D eigenvalue weighted by Gasteiger charge is -2.01. The van der Waals surface area contributed by atoms with Crippen LogP contribution in [0.5, 0.6) is 0 Å². The number of nitrogens with one attached hydrogen (secondary N) is 1. The van der Waals surface area contributed by atoms with Gasteiger partial charge in [-0.15, -0.1) is 0 Å². The van der Waals surface area contributed by atoms with E-state index >= 15 is 0 Å². The number of anilines is 1. The van der Waals surface area contributed by atoms with Crippen molar-refractivity contribution < 1.29 is 9.72 Å². The molecule has 3 rings (SSSR count). The number of amides is 1. The minimum absolute atomic E-state index is 0.00465. The molecule has 23 heavy (non-hydrogen) atoms. The zero-order valence-corrected chi connectivity index (χ0v) is 13.2. The molecule has 0 atom stereocenters. The molecule has 0 saturated carbocycles. The molecule has 0 unspecified atom stereocenters. The van der Waals surface area contributed by atoms with E-state index in [1.807, 2.05) is 12.1 Å². The molecular weight excluding hydrogens is 338 g/mol. The van der Waals surface area contributed by atoms with Crippen molar-refractivity contribution in [1.82, 2.24) is 4.98 Å². The predicted octanol–water partition coefficient (Wildman–Crippen LogP) is 4.04. The maximum atomic E-state index is 12.1. The van der Waals surface area contributed by atoms with Gasteiger partial charge in [0.1, 0.15) is 5.52 Å². The molecule has 0 spiro atoms. The molecule has 8 heteroatoms. The predicted molar refractivity (Wildman–Crippen MR) is 90.1 cm³/mol. The SMILES string of the molecule is O=C(Cc1ccc([N+](=O)[O-])cc1)Nc1nc2c(Cl)cccc2s1. The summed E-state index contributed by atoms with van der Waals surface area (Å²) in [6.45, 7) is 0. The van der Waals surface area contributed by atoms with Gasteiger partial charge in [0.25, 0.3) is 5.69 Å². The number of rotatable bonds is 4. The fourth-order valence-electron chi connectivity index (χ4n) is 2.05. The van der Waals surface area contributed by atoms with Crippen molar-refractivity contribution >= 4 is 49.9 Å². The van der Waals surface area contributed by atoms with E-state index in [1.54, 1.807) is 18.2 Å². The molecule has 0 aliphatic carbocycles. The Morgan fingerprint density at radius 2 is 2.00 bits per heavy atom. The highest BCUT2D eigenvalue weighted by atomic mass is 35.5. The van der Waals surface area contributed by atoms with Crippen LogP contribution in [-0.4, -0.2) is 15.8 Å². The second-order valence-electron chi connectivity index (χ2n) is 4.75. The smallest absolute Gasteiger partial charge is 0.269 e. The van der Waals surface area contributed by atoms with E-state index in [9.17, 15) is 14.9 Å².